The second-order valence-electron chi connectivity index (χ2n) is 5.74. The van der Waals surface area contributed by atoms with Gasteiger partial charge >= 0.3 is 5.97 Å². The summed E-state index contributed by atoms with van der Waals surface area (Å²) < 4.78 is 18.3. The first-order valence-electron chi connectivity index (χ1n) is 7.77. The molecule has 2 amide bonds. The minimum Gasteiger partial charge on any atom is -0.508 e. The third-order valence-corrected chi connectivity index (χ3v) is 3.84. The molecule has 8 heteroatoms. The number of anilines is 2. The molecule has 0 bridgehead atoms. The lowest BCUT2D eigenvalue weighted by Gasteiger charge is -2.24. The van der Waals surface area contributed by atoms with Crippen molar-refractivity contribution in [3.8, 4) is 5.75 Å². The number of carbonyl (C=O) groups excluding carboxylic acids is 3. The molecular weight excluding hydrogens is 343 g/mol. The highest BCUT2D eigenvalue weighted by Gasteiger charge is 2.32. The molecule has 26 heavy (non-hydrogen) atoms. The molecule has 0 saturated carbocycles. The van der Waals surface area contributed by atoms with Gasteiger partial charge in [0.15, 0.2) is 6.61 Å². The monoisotopic (exact) mass is 358 g/mol. The molecule has 3 N–H and O–H groups in total. The largest absolute Gasteiger partial charge is 0.508 e. The van der Waals surface area contributed by atoms with Crippen LogP contribution in [0.2, 0.25) is 0 Å². The lowest BCUT2D eigenvalue weighted by atomic mass is 9.90. The Hall–Kier alpha value is -3.42. The standard InChI is InChI=1S/C18H15FN2O5/c19-10-1-6-13-14(8-16(23)21-15(13)7-10)18(25)26-9-17(24)20-11-2-4-12(22)5-3-11/h1-7,14,22H,8-9H2,(H,20,24)(H,21,23). The van der Waals surface area contributed by atoms with Gasteiger partial charge in [-0.15, -0.1) is 0 Å². The molecule has 2 aromatic rings. The number of rotatable bonds is 4. The minimum atomic E-state index is -0.902. The summed E-state index contributed by atoms with van der Waals surface area (Å²) in [6, 6.07) is 9.51. The van der Waals surface area contributed by atoms with E-state index < -0.39 is 36.1 Å². The van der Waals surface area contributed by atoms with Crippen LogP contribution in [0, 0.1) is 5.82 Å². The van der Waals surface area contributed by atoms with E-state index in [1.54, 1.807) is 0 Å². The van der Waals surface area contributed by atoms with Gasteiger partial charge in [-0.3, -0.25) is 14.4 Å². The van der Waals surface area contributed by atoms with Gasteiger partial charge in [0.1, 0.15) is 11.6 Å². The molecule has 7 nitrogen and oxygen atoms in total. The van der Waals surface area contributed by atoms with Crippen molar-refractivity contribution in [1.29, 1.82) is 0 Å². The molecule has 2 aromatic carbocycles. The topological polar surface area (TPSA) is 105 Å². The number of phenols is 1. The Morgan fingerprint density at radius 3 is 2.69 bits per heavy atom. The number of carbonyl (C=O) groups is 3. The van der Waals surface area contributed by atoms with Crippen LogP contribution in [0.5, 0.6) is 5.75 Å². The molecule has 1 heterocycles. The zero-order chi connectivity index (χ0) is 18.7. The fraction of sp³-hybridized carbons (Fsp3) is 0.167. The Morgan fingerprint density at radius 1 is 1.23 bits per heavy atom. The number of aromatic hydroxyl groups is 1. The molecule has 0 spiro atoms. The van der Waals surface area contributed by atoms with Gasteiger partial charge in [0, 0.05) is 17.8 Å². The maximum atomic E-state index is 13.3. The number of hydrogen-bond donors (Lipinski definition) is 3. The van der Waals surface area contributed by atoms with Crippen molar-refractivity contribution >= 4 is 29.2 Å². The van der Waals surface area contributed by atoms with E-state index >= 15 is 0 Å². The van der Waals surface area contributed by atoms with E-state index in [1.165, 1.54) is 36.4 Å². The van der Waals surface area contributed by atoms with Gasteiger partial charge in [-0.25, -0.2) is 4.39 Å². The van der Waals surface area contributed by atoms with E-state index in [0.717, 1.165) is 6.07 Å². The number of esters is 1. The SMILES string of the molecule is O=C(COC(=O)C1CC(=O)Nc2cc(F)ccc21)Nc1ccc(O)cc1. The van der Waals surface area contributed by atoms with Crippen LogP contribution < -0.4 is 10.6 Å². The van der Waals surface area contributed by atoms with Crippen LogP contribution in [-0.2, 0) is 19.1 Å². The molecule has 1 unspecified atom stereocenters. The van der Waals surface area contributed by atoms with Gasteiger partial charge in [0.05, 0.1) is 5.92 Å². The van der Waals surface area contributed by atoms with Crippen molar-refractivity contribution in [2.45, 2.75) is 12.3 Å². The predicted octanol–water partition coefficient (Wildman–Crippen LogP) is 2.14. The molecule has 0 aliphatic carbocycles. The van der Waals surface area contributed by atoms with Crippen LogP contribution in [0.25, 0.3) is 0 Å². The Kier molecular flexibility index (Phi) is 4.83. The highest BCUT2D eigenvalue weighted by molar-refractivity contribution is 6.00. The van der Waals surface area contributed by atoms with Crippen molar-refractivity contribution in [3.63, 3.8) is 0 Å². The van der Waals surface area contributed by atoms with Crippen molar-refractivity contribution in [1.82, 2.24) is 0 Å². The van der Waals surface area contributed by atoms with Crippen molar-refractivity contribution in [2.24, 2.45) is 0 Å². The molecule has 1 atom stereocenters. The minimum absolute atomic E-state index is 0.0557. The van der Waals surface area contributed by atoms with E-state index in [9.17, 15) is 23.9 Å². The first-order valence-corrected chi connectivity index (χ1v) is 7.77. The first kappa shape index (κ1) is 17.4. The smallest absolute Gasteiger partial charge is 0.314 e. The summed E-state index contributed by atoms with van der Waals surface area (Å²) in [5.74, 6) is -3.12. The molecule has 1 aliphatic heterocycles. The normalized spacial score (nSPS) is 15.6. The second kappa shape index (κ2) is 7.22. The van der Waals surface area contributed by atoms with Crippen LogP contribution in [0.15, 0.2) is 42.5 Å². The van der Waals surface area contributed by atoms with Gasteiger partial charge in [-0.2, -0.15) is 0 Å². The average Bonchev–Trinajstić information content (AvgIpc) is 2.60. The average molecular weight is 358 g/mol. The van der Waals surface area contributed by atoms with E-state index in [2.05, 4.69) is 10.6 Å². The van der Waals surface area contributed by atoms with Crippen LogP contribution in [-0.4, -0.2) is 29.5 Å². The molecule has 0 saturated heterocycles. The number of ether oxygens (including phenoxy) is 1. The number of phenolic OH excluding ortho intramolecular Hbond substituents is 1. The summed E-state index contributed by atoms with van der Waals surface area (Å²) in [7, 11) is 0. The van der Waals surface area contributed by atoms with E-state index in [0.29, 0.717) is 11.3 Å². The fourth-order valence-electron chi connectivity index (χ4n) is 2.63. The summed E-state index contributed by atoms with van der Waals surface area (Å²) in [6.45, 7) is -0.533. The molecular formula is C18H15FN2O5. The van der Waals surface area contributed by atoms with Gasteiger partial charge in [0.25, 0.3) is 5.91 Å². The third kappa shape index (κ3) is 3.97. The second-order valence-corrected chi connectivity index (χ2v) is 5.74. The molecule has 134 valence electrons. The lowest BCUT2D eigenvalue weighted by Crippen LogP contribution is -2.30. The zero-order valence-corrected chi connectivity index (χ0v) is 13.5. The number of fused-ring (bicyclic) bond motifs is 1. The summed E-state index contributed by atoms with van der Waals surface area (Å²) in [5, 5.41) is 14.2. The summed E-state index contributed by atoms with van der Waals surface area (Å²) in [5.41, 5.74) is 1.09. The highest BCUT2D eigenvalue weighted by atomic mass is 19.1. The fourth-order valence-corrected chi connectivity index (χ4v) is 2.63. The van der Waals surface area contributed by atoms with Crippen molar-refractivity contribution in [3.05, 3.63) is 53.8 Å². The number of hydrogen-bond acceptors (Lipinski definition) is 5. The van der Waals surface area contributed by atoms with Crippen LogP contribution in [0.3, 0.4) is 0 Å². The summed E-state index contributed by atoms with van der Waals surface area (Å²) in [4.78, 5) is 35.9. The Bertz CT molecular complexity index is 866. The van der Waals surface area contributed by atoms with Gasteiger partial charge in [-0.05, 0) is 42.0 Å². The zero-order valence-electron chi connectivity index (χ0n) is 13.5. The van der Waals surface area contributed by atoms with E-state index in [-0.39, 0.29) is 17.9 Å². The molecule has 0 aromatic heterocycles. The molecule has 0 radical (unpaired) electrons. The van der Waals surface area contributed by atoms with Crippen LogP contribution >= 0.6 is 0 Å². The Balaban J connectivity index is 1.62. The molecule has 1 aliphatic rings. The first-order chi connectivity index (χ1) is 12.4. The predicted molar refractivity (Wildman–Crippen MR) is 90.1 cm³/mol. The number of amides is 2. The van der Waals surface area contributed by atoms with Gasteiger partial charge < -0.3 is 20.5 Å². The Morgan fingerprint density at radius 2 is 1.96 bits per heavy atom. The number of halogens is 1. The van der Waals surface area contributed by atoms with Crippen LogP contribution in [0.1, 0.15) is 17.9 Å². The summed E-state index contributed by atoms with van der Waals surface area (Å²) >= 11 is 0. The molecule has 0 fully saturated rings. The number of benzene rings is 2. The maximum Gasteiger partial charge on any atom is 0.314 e. The third-order valence-electron chi connectivity index (χ3n) is 3.84. The summed E-state index contributed by atoms with van der Waals surface area (Å²) in [6.07, 6.45) is -0.142. The van der Waals surface area contributed by atoms with E-state index in [4.69, 9.17) is 4.74 Å². The quantitative estimate of drug-likeness (QED) is 0.574. The van der Waals surface area contributed by atoms with Gasteiger partial charge in [0.2, 0.25) is 5.91 Å². The highest BCUT2D eigenvalue weighted by Crippen LogP contribution is 2.33. The maximum absolute atomic E-state index is 13.3. The Labute approximate surface area is 147 Å². The van der Waals surface area contributed by atoms with Crippen LogP contribution in [0.4, 0.5) is 15.8 Å². The van der Waals surface area contributed by atoms with E-state index in [1.807, 2.05) is 0 Å². The van der Waals surface area contributed by atoms with Gasteiger partial charge in [-0.1, -0.05) is 6.07 Å². The van der Waals surface area contributed by atoms with Crippen molar-refractivity contribution in [2.75, 3.05) is 17.2 Å². The lowest BCUT2D eigenvalue weighted by molar-refractivity contribution is -0.149. The van der Waals surface area contributed by atoms with Crippen molar-refractivity contribution < 1.29 is 28.6 Å². The number of nitrogens with one attached hydrogen (secondary N) is 2. The molecule has 3 rings (SSSR count).